The van der Waals surface area contributed by atoms with Gasteiger partial charge in [0, 0.05) is 19.3 Å². The number of unbranched alkanes of at least 4 members (excludes halogenated alkanes) is 23. The fourth-order valence-corrected chi connectivity index (χ4v) is 7.32. The predicted molar refractivity (Wildman–Crippen MR) is 279 cm³/mol. The molecule has 0 bridgehead atoms. The van der Waals surface area contributed by atoms with Crippen LogP contribution < -0.4 is 0 Å². The number of allylic oxidation sites excluding steroid dienone is 14. The van der Waals surface area contributed by atoms with E-state index in [0.717, 1.165) is 122 Å². The number of ether oxygens (including phenoxy) is 3. The first-order valence-electron chi connectivity index (χ1n) is 27.1. The van der Waals surface area contributed by atoms with Crippen LogP contribution >= 0.6 is 0 Å². The predicted octanol–water partition coefficient (Wildman–Crippen LogP) is 18.0. The van der Waals surface area contributed by atoms with Crippen LogP contribution in [0.4, 0.5) is 0 Å². The molecule has 0 aliphatic heterocycles. The van der Waals surface area contributed by atoms with Crippen molar-refractivity contribution in [3.05, 3.63) is 85.1 Å². The fraction of sp³-hybridized carbons (Fsp3) is 0.712. The van der Waals surface area contributed by atoms with Crippen molar-refractivity contribution in [1.29, 1.82) is 0 Å². The zero-order chi connectivity index (χ0) is 47.2. The van der Waals surface area contributed by atoms with Crippen LogP contribution in [0.5, 0.6) is 0 Å². The maximum absolute atomic E-state index is 12.8. The number of hydrogen-bond acceptors (Lipinski definition) is 6. The summed E-state index contributed by atoms with van der Waals surface area (Å²) in [5, 5.41) is 0. The second kappa shape index (κ2) is 53.2. The molecule has 1 atom stereocenters. The van der Waals surface area contributed by atoms with Crippen LogP contribution in [0, 0.1) is 0 Å². The topological polar surface area (TPSA) is 78.9 Å². The Hall–Kier alpha value is -3.41. The van der Waals surface area contributed by atoms with Gasteiger partial charge in [0.2, 0.25) is 0 Å². The van der Waals surface area contributed by atoms with Gasteiger partial charge >= 0.3 is 17.9 Å². The lowest BCUT2D eigenvalue weighted by Gasteiger charge is -2.18. The quantitative estimate of drug-likeness (QED) is 0.0262. The van der Waals surface area contributed by atoms with E-state index >= 15 is 0 Å². The summed E-state index contributed by atoms with van der Waals surface area (Å²) in [7, 11) is 0. The monoisotopic (exact) mass is 905 g/mol. The van der Waals surface area contributed by atoms with Crippen LogP contribution in [-0.4, -0.2) is 37.2 Å². The summed E-state index contributed by atoms with van der Waals surface area (Å²) in [5.41, 5.74) is 0. The third-order valence-electron chi connectivity index (χ3n) is 11.4. The number of esters is 3. The molecule has 0 aromatic heterocycles. The molecule has 0 radical (unpaired) electrons. The molecular formula is C59H100O6. The molecule has 0 aromatic carbocycles. The fourth-order valence-electron chi connectivity index (χ4n) is 7.32. The summed E-state index contributed by atoms with van der Waals surface area (Å²) in [5.74, 6) is -0.935. The van der Waals surface area contributed by atoms with Crippen molar-refractivity contribution >= 4 is 17.9 Å². The number of carbonyl (C=O) groups excluding carboxylic acids is 3. The summed E-state index contributed by atoms with van der Waals surface area (Å²) in [6, 6.07) is 0. The molecule has 0 saturated heterocycles. The van der Waals surface area contributed by atoms with Crippen molar-refractivity contribution < 1.29 is 28.6 Å². The van der Waals surface area contributed by atoms with Gasteiger partial charge in [-0.25, -0.2) is 0 Å². The number of carbonyl (C=O) groups is 3. The Bertz CT molecular complexity index is 1270. The van der Waals surface area contributed by atoms with Gasteiger partial charge in [-0.3, -0.25) is 14.4 Å². The van der Waals surface area contributed by atoms with Gasteiger partial charge in [-0.2, -0.15) is 0 Å². The molecule has 6 nitrogen and oxygen atoms in total. The van der Waals surface area contributed by atoms with E-state index in [2.05, 4.69) is 106 Å². The lowest BCUT2D eigenvalue weighted by atomic mass is 10.0. The molecule has 0 heterocycles. The highest BCUT2D eigenvalue weighted by atomic mass is 16.6. The zero-order valence-corrected chi connectivity index (χ0v) is 42.5. The van der Waals surface area contributed by atoms with Crippen molar-refractivity contribution in [2.45, 2.75) is 258 Å². The largest absolute Gasteiger partial charge is 0.462 e. The SMILES string of the molecule is CCC=CCC=CCC=CCC=CCC=CCCCCCC(=O)OC[C@@H](COC(=O)CCCCCCCC=CCC=CCCCCC)OC(=O)CCCCCCCCCCCCCCC. The van der Waals surface area contributed by atoms with Gasteiger partial charge < -0.3 is 14.2 Å². The van der Waals surface area contributed by atoms with E-state index in [9.17, 15) is 14.4 Å². The van der Waals surface area contributed by atoms with Crippen LogP contribution in [-0.2, 0) is 28.6 Å². The average molecular weight is 905 g/mol. The molecule has 0 fully saturated rings. The van der Waals surface area contributed by atoms with Crippen molar-refractivity contribution in [2.24, 2.45) is 0 Å². The highest BCUT2D eigenvalue weighted by Gasteiger charge is 2.19. The summed E-state index contributed by atoms with van der Waals surface area (Å²) in [6.07, 6.45) is 68.5. The normalized spacial score (nSPS) is 12.7. The summed E-state index contributed by atoms with van der Waals surface area (Å²) < 4.78 is 16.8. The van der Waals surface area contributed by atoms with Gasteiger partial charge in [0.25, 0.3) is 0 Å². The first-order valence-corrected chi connectivity index (χ1v) is 27.1. The number of hydrogen-bond donors (Lipinski definition) is 0. The Kier molecular flexibility index (Phi) is 50.4. The average Bonchev–Trinajstić information content (AvgIpc) is 3.30. The van der Waals surface area contributed by atoms with E-state index < -0.39 is 6.10 Å². The molecule has 0 N–H and O–H groups in total. The third-order valence-corrected chi connectivity index (χ3v) is 11.4. The second-order valence-electron chi connectivity index (χ2n) is 17.8. The van der Waals surface area contributed by atoms with E-state index in [4.69, 9.17) is 14.2 Å². The van der Waals surface area contributed by atoms with Crippen molar-refractivity contribution in [2.75, 3.05) is 13.2 Å². The maximum Gasteiger partial charge on any atom is 0.306 e. The molecular weight excluding hydrogens is 805 g/mol. The minimum atomic E-state index is -0.794. The Labute approximate surface area is 401 Å². The first-order chi connectivity index (χ1) is 32.0. The van der Waals surface area contributed by atoms with E-state index in [1.807, 2.05) is 0 Å². The van der Waals surface area contributed by atoms with Gasteiger partial charge in [0.05, 0.1) is 0 Å². The number of rotatable bonds is 48. The van der Waals surface area contributed by atoms with E-state index in [-0.39, 0.29) is 31.1 Å². The molecule has 0 unspecified atom stereocenters. The van der Waals surface area contributed by atoms with Crippen LogP contribution in [0.1, 0.15) is 252 Å². The van der Waals surface area contributed by atoms with Crippen molar-refractivity contribution in [3.63, 3.8) is 0 Å². The lowest BCUT2D eigenvalue weighted by Crippen LogP contribution is -2.30. The molecule has 0 amide bonds. The Morgan fingerprint density at radius 1 is 0.323 bits per heavy atom. The van der Waals surface area contributed by atoms with Gasteiger partial charge in [-0.05, 0) is 96.3 Å². The molecule has 0 rings (SSSR count). The maximum atomic E-state index is 12.8. The van der Waals surface area contributed by atoms with Gasteiger partial charge in [-0.15, -0.1) is 0 Å². The lowest BCUT2D eigenvalue weighted by molar-refractivity contribution is -0.167. The summed E-state index contributed by atoms with van der Waals surface area (Å²) in [4.78, 5) is 38.0. The van der Waals surface area contributed by atoms with Crippen LogP contribution in [0.25, 0.3) is 0 Å². The van der Waals surface area contributed by atoms with Gasteiger partial charge in [0.1, 0.15) is 13.2 Å². The Balaban J connectivity index is 4.45. The second-order valence-corrected chi connectivity index (χ2v) is 17.8. The molecule has 0 aliphatic carbocycles. The van der Waals surface area contributed by atoms with Crippen molar-refractivity contribution in [1.82, 2.24) is 0 Å². The van der Waals surface area contributed by atoms with Crippen molar-refractivity contribution in [3.8, 4) is 0 Å². The molecule has 65 heavy (non-hydrogen) atoms. The zero-order valence-electron chi connectivity index (χ0n) is 42.5. The van der Waals surface area contributed by atoms with Crippen LogP contribution in [0.3, 0.4) is 0 Å². The van der Waals surface area contributed by atoms with Crippen LogP contribution in [0.2, 0.25) is 0 Å². The van der Waals surface area contributed by atoms with Gasteiger partial charge in [-0.1, -0.05) is 221 Å². The molecule has 0 spiro atoms. The van der Waals surface area contributed by atoms with E-state index in [0.29, 0.717) is 19.3 Å². The minimum Gasteiger partial charge on any atom is -0.462 e. The Morgan fingerprint density at radius 3 is 0.985 bits per heavy atom. The standard InChI is InChI=1S/C59H100O6/c1-4-7-10-13-16-19-22-25-27-28-29-30-32-35-37-40-43-46-49-52-58(61)64-55-56(65-59(62)53-50-47-44-41-38-33-24-21-18-15-12-9-6-3)54-63-57(60)51-48-45-42-39-36-34-31-26-23-20-17-14-11-8-5-2/h7,10,16-17,19-20,25-27,29-31,35,37,56H,4-6,8-9,11-15,18,21-24,28,32-34,36,38-55H2,1-3H3/t56-/m1/s1. The first kappa shape index (κ1) is 61.6. The van der Waals surface area contributed by atoms with Crippen LogP contribution in [0.15, 0.2) is 85.1 Å². The summed E-state index contributed by atoms with van der Waals surface area (Å²) in [6.45, 7) is 6.46. The molecule has 372 valence electrons. The smallest absolute Gasteiger partial charge is 0.306 e. The molecule has 0 aliphatic rings. The minimum absolute atomic E-state index is 0.0933. The van der Waals surface area contributed by atoms with Gasteiger partial charge in [0.15, 0.2) is 6.10 Å². The highest BCUT2D eigenvalue weighted by molar-refractivity contribution is 5.71. The third kappa shape index (κ3) is 51.4. The molecule has 0 aromatic rings. The highest BCUT2D eigenvalue weighted by Crippen LogP contribution is 2.15. The summed E-state index contributed by atoms with van der Waals surface area (Å²) >= 11 is 0. The Morgan fingerprint density at radius 2 is 0.600 bits per heavy atom. The van der Waals surface area contributed by atoms with E-state index in [1.54, 1.807) is 0 Å². The molecule has 6 heteroatoms. The molecule has 0 saturated carbocycles. The van der Waals surface area contributed by atoms with E-state index in [1.165, 1.54) is 89.9 Å².